The van der Waals surface area contributed by atoms with Gasteiger partial charge in [0.25, 0.3) is 5.91 Å². The molecule has 2 aromatic rings. The number of sulfonamides is 1. The van der Waals surface area contributed by atoms with Gasteiger partial charge in [0.1, 0.15) is 28.9 Å². The Balaban J connectivity index is 2.33. The second-order valence-corrected chi connectivity index (χ2v) is 10.1. The van der Waals surface area contributed by atoms with Crippen LogP contribution < -0.4 is 15.2 Å². The number of nitrogens with two attached hydrogens (primary N) is 1. The number of carbonyl (C=O) groups excluding carboxylic acids is 2. The summed E-state index contributed by atoms with van der Waals surface area (Å²) in [7, 11) is -1.78. The number of nitrogens with one attached hydrogen (secondary N) is 1. The fourth-order valence-corrected chi connectivity index (χ4v) is 4.20. The largest absolute Gasteiger partial charge is 0.487 e. The summed E-state index contributed by atoms with van der Waals surface area (Å²) in [6.07, 6.45) is -0.543. The van der Waals surface area contributed by atoms with Crippen LogP contribution in [0.3, 0.4) is 0 Å². The quantitative estimate of drug-likeness (QED) is 0.292. The zero-order chi connectivity index (χ0) is 25.5. The van der Waals surface area contributed by atoms with Crippen molar-refractivity contribution in [2.75, 3.05) is 19.9 Å². The van der Waals surface area contributed by atoms with E-state index in [2.05, 4.69) is 4.72 Å². The lowest BCUT2D eigenvalue weighted by molar-refractivity contribution is -0.173. The molecule has 0 heterocycles. The van der Waals surface area contributed by atoms with Crippen molar-refractivity contribution in [3.63, 3.8) is 0 Å². The van der Waals surface area contributed by atoms with Crippen molar-refractivity contribution >= 4 is 27.6 Å². The Hall–Kier alpha value is -3.15. The highest BCUT2D eigenvalue weighted by molar-refractivity contribution is 7.89. The summed E-state index contributed by atoms with van der Waals surface area (Å²) in [5, 5.41) is 0.827. The monoisotopic (exact) mass is 493 g/mol. The minimum absolute atomic E-state index is 0.0000776. The summed E-state index contributed by atoms with van der Waals surface area (Å²) < 4.78 is 39.8. The Bertz CT molecular complexity index is 1100. The van der Waals surface area contributed by atoms with E-state index in [-0.39, 0.29) is 17.3 Å². The van der Waals surface area contributed by atoms with E-state index in [1.54, 1.807) is 20.8 Å². The number of carbonyl (C=O) groups is 2. The Kier molecular flexibility index (Phi) is 9.02. The minimum atomic E-state index is -4.33. The van der Waals surface area contributed by atoms with Gasteiger partial charge in [-0.15, -0.1) is 0 Å². The van der Waals surface area contributed by atoms with Gasteiger partial charge in [-0.05, 0) is 38.5 Å². The van der Waals surface area contributed by atoms with Crippen molar-refractivity contribution in [3.05, 3.63) is 54.1 Å². The molecule has 10 nitrogen and oxygen atoms in total. The van der Waals surface area contributed by atoms with Gasteiger partial charge in [-0.1, -0.05) is 30.3 Å². The van der Waals surface area contributed by atoms with Crippen LogP contribution in [0.2, 0.25) is 0 Å². The maximum absolute atomic E-state index is 13.3. The van der Waals surface area contributed by atoms with Crippen molar-refractivity contribution in [2.45, 2.75) is 50.3 Å². The number of anilines is 1. The van der Waals surface area contributed by atoms with E-state index >= 15 is 0 Å². The fraction of sp³-hybridized carbons (Fsp3) is 0.391. The smallest absolute Gasteiger partial charge is 0.308 e. The molecular formula is C23H31N3O7S. The molecule has 0 aliphatic rings. The predicted octanol–water partition coefficient (Wildman–Crippen LogP) is 2.25. The summed E-state index contributed by atoms with van der Waals surface area (Å²) in [5.41, 5.74) is 6.14. The molecule has 0 aliphatic heterocycles. The fourth-order valence-electron chi connectivity index (χ4n) is 2.88. The van der Waals surface area contributed by atoms with E-state index in [0.29, 0.717) is 5.69 Å². The molecule has 34 heavy (non-hydrogen) atoms. The number of rotatable bonds is 10. The van der Waals surface area contributed by atoms with E-state index in [4.69, 9.17) is 20.0 Å². The molecule has 1 unspecified atom stereocenters. The number of hydrogen-bond donors (Lipinski definition) is 2. The van der Waals surface area contributed by atoms with Crippen LogP contribution in [0.1, 0.15) is 32.8 Å². The highest BCUT2D eigenvalue weighted by Crippen LogP contribution is 2.28. The van der Waals surface area contributed by atoms with Gasteiger partial charge in [-0.2, -0.15) is 4.72 Å². The van der Waals surface area contributed by atoms with Gasteiger partial charge < -0.3 is 15.2 Å². The number of hydrogen-bond acceptors (Lipinski definition) is 8. The molecule has 0 saturated carbocycles. The summed E-state index contributed by atoms with van der Waals surface area (Å²) in [6.45, 7) is 5.09. The molecule has 0 aliphatic carbocycles. The first-order valence-electron chi connectivity index (χ1n) is 10.4. The zero-order valence-corrected chi connectivity index (χ0v) is 20.7. The van der Waals surface area contributed by atoms with Crippen LogP contribution in [0.25, 0.3) is 0 Å². The Morgan fingerprint density at radius 3 is 2.35 bits per heavy atom. The normalized spacial score (nSPS) is 12.6. The molecule has 1 amide bonds. The summed E-state index contributed by atoms with van der Waals surface area (Å²) in [6, 6.07) is 11.7. The van der Waals surface area contributed by atoms with Gasteiger partial charge in [0.05, 0.1) is 13.5 Å². The van der Waals surface area contributed by atoms with Crippen LogP contribution in [0.4, 0.5) is 5.69 Å². The van der Waals surface area contributed by atoms with Crippen LogP contribution >= 0.6 is 0 Å². The van der Waals surface area contributed by atoms with E-state index < -0.39 is 40.0 Å². The number of benzene rings is 2. The van der Waals surface area contributed by atoms with Crippen molar-refractivity contribution in [2.24, 2.45) is 0 Å². The SMILES string of the molecule is CON(C)C(=O)C(CC(=O)OC(C)(C)C)NS(=O)(=O)c1ccc(N)cc1OCc1ccccc1. The van der Waals surface area contributed by atoms with Crippen LogP contribution in [0, 0.1) is 0 Å². The number of esters is 1. The van der Waals surface area contributed by atoms with Crippen LogP contribution in [-0.4, -0.2) is 51.2 Å². The molecule has 186 valence electrons. The van der Waals surface area contributed by atoms with Gasteiger partial charge in [0.2, 0.25) is 10.0 Å². The second kappa shape index (κ2) is 11.3. The standard InChI is InChI=1S/C23H31N3O7S/c1-23(2,3)33-21(27)14-18(22(28)26(4)31-5)25-34(29,30)20-12-11-17(24)13-19(20)32-15-16-9-7-6-8-10-16/h6-13,18,25H,14-15,24H2,1-5H3. The maximum Gasteiger partial charge on any atom is 0.308 e. The number of nitrogen functional groups attached to an aromatic ring is 1. The number of likely N-dealkylation sites (N-methyl/N-ethyl adjacent to an activating group) is 1. The van der Waals surface area contributed by atoms with E-state index in [0.717, 1.165) is 10.6 Å². The first-order valence-corrected chi connectivity index (χ1v) is 11.9. The van der Waals surface area contributed by atoms with Crippen LogP contribution in [0.15, 0.2) is 53.4 Å². The molecule has 0 saturated heterocycles. The lowest BCUT2D eigenvalue weighted by atomic mass is 10.1. The lowest BCUT2D eigenvalue weighted by Gasteiger charge is -2.25. The topological polar surface area (TPSA) is 137 Å². The van der Waals surface area contributed by atoms with Crippen LogP contribution in [0.5, 0.6) is 5.75 Å². The molecule has 1 atom stereocenters. The number of hydroxylamine groups is 2. The van der Waals surface area contributed by atoms with E-state index in [9.17, 15) is 18.0 Å². The first-order chi connectivity index (χ1) is 15.8. The first kappa shape index (κ1) is 27.1. The molecule has 2 rings (SSSR count). The number of amides is 1. The van der Waals surface area contributed by atoms with E-state index in [1.165, 1.54) is 32.4 Å². The third-order valence-electron chi connectivity index (χ3n) is 4.46. The Labute approximate surface area is 200 Å². The minimum Gasteiger partial charge on any atom is -0.487 e. The molecular weight excluding hydrogens is 462 g/mol. The molecule has 2 aromatic carbocycles. The van der Waals surface area contributed by atoms with Crippen molar-refractivity contribution < 1.29 is 32.3 Å². The van der Waals surface area contributed by atoms with Gasteiger partial charge in [0, 0.05) is 18.8 Å². The van der Waals surface area contributed by atoms with Gasteiger partial charge in [-0.3, -0.25) is 14.4 Å². The summed E-state index contributed by atoms with van der Waals surface area (Å²) in [5.74, 6) is -1.53. The van der Waals surface area contributed by atoms with Crippen molar-refractivity contribution in [3.8, 4) is 5.75 Å². The third kappa shape index (κ3) is 8.01. The molecule has 0 aromatic heterocycles. The highest BCUT2D eigenvalue weighted by atomic mass is 32.2. The second-order valence-electron chi connectivity index (χ2n) is 8.46. The Morgan fingerprint density at radius 1 is 1.12 bits per heavy atom. The third-order valence-corrected chi connectivity index (χ3v) is 5.98. The average Bonchev–Trinajstić information content (AvgIpc) is 2.75. The molecule has 0 spiro atoms. The molecule has 0 radical (unpaired) electrons. The average molecular weight is 494 g/mol. The zero-order valence-electron chi connectivity index (χ0n) is 19.9. The van der Waals surface area contributed by atoms with Gasteiger partial charge >= 0.3 is 5.97 Å². The highest BCUT2D eigenvalue weighted by Gasteiger charge is 2.33. The van der Waals surface area contributed by atoms with Gasteiger partial charge in [0.15, 0.2) is 0 Å². The predicted molar refractivity (Wildman–Crippen MR) is 126 cm³/mol. The van der Waals surface area contributed by atoms with E-state index in [1.807, 2.05) is 30.3 Å². The van der Waals surface area contributed by atoms with Crippen molar-refractivity contribution in [1.29, 1.82) is 0 Å². The summed E-state index contributed by atoms with van der Waals surface area (Å²) >= 11 is 0. The molecule has 11 heteroatoms. The van der Waals surface area contributed by atoms with Crippen LogP contribution in [-0.2, 0) is 35.8 Å². The van der Waals surface area contributed by atoms with Crippen molar-refractivity contribution in [1.82, 2.24) is 9.79 Å². The maximum atomic E-state index is 13.3. The molecule has 3 N–H and O–H groups in total. The molecule has 0 bridgehead atoms. The lowest BCUT2D eigenvalue weighted by Crippen LogP contribution is -2.48. The summed E-state index contributed by atoms with van der Waals surface area (Å²) in [4.78, 5) is 29.8. The molecule has 0 fully saturated rings. The number of ether oxygens (including phenoxy) is 2. The van der Waals surface area contributed by atoms with Gasteiger partial charge in [-0.25, -0.2) is 13.5 Å². The number of nitrogens with zero attached hydrogens (tertiary/aromatic N) is 1. The Morgan fingerprint density at radius 2 is 1.76 bits per heavy atom.